The van der Waals surface area contributed by atoms with E-state index in [9.17, 15) is 9.59 Å². The van der Waals surface area contributed by atoms with Crippen LogP contribution in [-0.2, 0) is 33.3 Å². The highest BCUT2D eigenvalue weighted by Gasteiger charge is 2.42. The average Bonchev–Trinajstić information content (AvgIpc) is 4.14. The summed E-state index contributed by atoms with van der Waals surface area (Å²) in [4.78, 5) is 31.5. The van der Waals surface area contributed by atoms with Crippen molar-refractivity contribution < 1.29 is 52.2 Å². The van der Waals surface area contributed by atoms with Gasteiger partial charge >= 0.3 is 0 Å². The molecule has 15 heteroatoms. The van der Waals surface area contributed by atoms with E-state index in [-0.39, 0.29) is 41.3 Å². The smallest absolute Gasteiger partial charge is 0.251 e. The van der Waals surface area contributed by atoms with Crippen molar-refractivity contribution >= 4 is 73.0 Å². The van der Waals surface area contributed by atoms with Crippen molar-refractivity contribution in [2.24, 2.45) is 0 Å². The number of hydrogen-bond acceptors (Lipinski definition) is 14. The van der Waals surface area contributed by atoms with Gasteiger partial charge in [0.15, 0.2) is 0 Å². The van der Waals surface area contributed by atoms with Crippen LogP contribution in [0.5, 0.6) is 23.0 Å². The van der Waals surface area contributed by atoms with Crippen LogP contribution in [0.2, 0.25) is 0 Å². The van der Waals surface area contributed by atoms with E-state index in [1.165, 1.54) is 30.2 Å². The molecule has 4 aromatic carbocycles. The second kappa shape index (κ2) is 18.0. The fourth-order valence-corrected chi connectivity index (χ4v) is 9.54. The highest BCUT2D eigenvalue weighted by molar-refractivity contribution is 8.18. The number of nitrogens with zero attached hydrogens (tertiary/aromatic N) is 2. The second-order valence-corrected chi connectivity index (χ2v) is 18.1. The fraction of sp³-hybridized carbons (Fsp3) is 0.260. The number of benzene rings is 4. The maximum atomic E-state index is 14.1. The summed E-state index contributed by atoms with van der Waals surface area (Å²) in [6.45, 7) is 4.86. The Balaban J connectivity index is 0.909. The number of thioether (sulfide) groups is 1. The van der Waals surface area contributed by atoms with Gasteiger partial charge in [0.1, 0.15) is 84.6 Å². The number of rotatable bonds is 19. The molecule has 4 fully saturated rings. The minimum absolute atomic E-state index is 0.141. The first-order valence-corrected chi connectivity index (χ1v) is 23.0. The molecule has 4 saturated heterocycles. The van der Waals surface area contributed by atoms with E-state index in [0.717, 1.165) is 55.8 Å². The molecule has 4 unspecified atom stereocenters. The van der Waals surface area contributed by atoms with Crippen molar-refractivity contribution in [3.05, 3.63) is 142 Å². The second-order valence-electron chi connectivity index (χ2n) is 15.9. The Labute approximate surface area is 383 Å². The topological polar surface area (TPSA) is 137 Å². The largest absolute Gasteiger partial charge is 0.495 e. The van der Waals surface area contributed by atoms with E-state index >= 15 is 0 Å². The highest BCUT2D eigenvalue weighted by atomic mass is 32.2. The molecule has 330 valence electrons. The summed E-state index contributed by atoms with van der Waals surface area (Å²) in [5.74, 6) is 1.94. The van der Waals surface area contributed by atoms with Crippen LogP contribution in [-0.4, -0.2) is 101 Å². The van der Waals surface area contributed by atoms with Gasteiger partial charge in [-0.3, -0.25) is 9.59 Å². The number of ether oxygens (including phenoxy) is 9. The molecule has 4 atom stereocenters. The van der Waals surface area contributed by atoms with E-state index in [0.29, 0.717) is 62.6 Å². The molecule has 1 aliphatic carbocycles. The minimum Gasteiger partial charge on any atom is -0.495 e. The zero-order valence-electron chi connectivity index (χ0n) is 35.2. The van der Waals surface area contributed by atoms with Crippen molar-refractivity contribution in [1.82, 2.24) is 4.58 Å². The molecule has 0 amide bonds. The number of anilines is 3. The first-order chi connectivity index (χ1) is 31.9. The predicted molar refractivity (Wildman–Crippen MR) is 247 cm³/mol. The van der Waals surface area contributed by atoms with Gasteiger partial charge in [-0.2, -0.15) is 0 Å². The lowest BCUT2D eigenvalue weighted by Gasteiger charge is -2.24. The van der Waals surface area contributed by atoms with Crippen molar-refractivity contribution in [2.75, 3.05) is 64.9 Å². The number of epoxide rings is 4. The van der Waals surface area contributed by atoms with Crippen LogP contribution in [0.15, 0.2) is 138 Å². The number of allylic oxidation sites excluding steroid dienone is 3. The van der Waals surface area contributed by atoms with Gasteiger partial charge in [-0.15, -0.1) is 15.9 Å². The fourth-order valence-electron chi connectivity index (χ4n) is 7.36. The third-order valence-electron chi connectivity index (χ3n) is 11.2. The molecule has 65 heavy (non-hydrogen) atoms. The molecule has 13 nitrogen and oxygen atoms in total. The van der Waals surface area contributed by atoms with Gasteiger partial charge in [-0.25, -0.2) is 0 Å². The molecule has 6 aliphatic rings. The van der Waals surface area contributed by atoms with Crippen LogP contribution >= 0.6 is 23.1 Å². The number of carbonyl (C=O) groups is 2. The maximum absolute atomic E-state index is 14.1. The summed E-state index contributed by atoms with van der Waals surface area (Å²) in [6, 6.07) is 35.2. The van der Waals surface area contributed by atoms with Gasteiger partial charge in [0.2, 0.25) is 22.9 Å². The summed E-state index contributed by atoms with van der Waals surface area (Å²) in [7, 11) is 1.50. The van der Waals surface area contributed by atoms with Gasteiger partial charge in [-0.05, 0) is 103 Å². The summed E-state index contributed by atoms with van der Waals surface area (Å²) < 4.78 is 53.0. The minimum atomic E-state index is -0.620. The molecule has 0 bridgehead atoms. The molecule has 11 rings (SSSR count). The van der Waals surface area contributed by atoms with Gasteiger partial charge in [0.05, 0.1) is 44.7 Å². The molecule has 6 heterocycles. The van der Waals surface area contributed by atoms with E-state index < -0.39 is 11.6 Å². The monoisotopic (exact) mass is 911 g/mol. The van der Waals surface area contributed by atoms with Crippen molar-refractivity contribution in [1.29, 1.82) is 0 Å². The zero-order chi connectivity index (χ0) is 43.9. The third kappa shape index (κ3) is 9.48. The SMILES string of the molecule is COC1=C(c2ccc(N(c3ccc(OCC4CO4)cc3)c3ccc(OCC4CO4)cc3)s2)C(=O)C(=O)/C1=C1/C=CC(=[N+](c2ccc(OCC3CO3)cc2)c2ccc(OCC3CO3)cc2)S1. The molecular weight excluding hydrogens is 869 g/mol. The lowest BCUT2D eigenvalue weighted by molar-refractivity contribution is -0.130. The standard InChI is InChI=1S/C50H43N2O11S2/c1-55-50-46(42-18-20-44(64-42)51(30-2-10-34(11-3-30)56-22-38-26-60-38)31-4-12-35(13-5-31)57-23-39-27-61-39)48(53)49(54)47(50)43-19-21-45(65-43)52(32-6-14-36(15-7-32)58-24-40-28-62-40)33-8-16-37(17-9-33)59-25-41-29-63-41/h2-21,38-41H,22-29H2,1H3/q+1. The molecule has 1 aromatic heterocycles. The molecule has 5 aromatic rings. The Bertz CT molecular complexity index is 2610. The van der Waals surface area contributed by atoms with Crippen molar-refractivity contribution in [3.8, 4) is 23.0 Å². The highest BCUT2D eigenvalue weighted by Crippen LogP contribution is 2.46. The van der Waals surface area contributed by atoms with Crippen LogP contribution in [0.3, 0.4) is 0 Å². The number of Topliss-reactive ketones (excluding diaryl/α,β-unsaturated/α-hetero) is 2. The Morgan fingerprint density at radius 1 is 0.554 bits per heavy atom. The lowest BCUT2D eigenvalue weighted by atomic mass is 10.1. The van der Waals surface area contributed by atoms with Gasteiger partial charge in [0.25, 0.3) is 5.04 Å². The first kappa shape index (κ1) is 41.5. The quantitative estimate of drug-likeness (QED) is 0.0340. The summed E-state index contributed by atoms with van der Waals surface area (Å²) in [5.41, 5.74) is 3.94. The number of ketones is 2. The van der Waals surface area contributed by atoms with E-state index in [1.807, 2.05) is 121 Å². The van der Waals surface area contributed by atoms with Crippen molar-refractivity contribution in [2.45, 2.75) is 24.4 Å². The number of carbonyl (C=O) groups excluding carboxylic acids is 2. The molecule has 0 saturated carbocycles. The predicted octanol–water partition coefficient (Wildman–Crippen LogP) is 8.33. The van der Waals surface area contributed by atoms with E-state index in [4.69, 9.17) is 42.6 Å². The van der Waals surface area contributed by atoms with Crippen LogP contribution in [0.1, 0.15) is 4.88 Å². The molecule has 0 N–H and O–H groups in total. The lowest BCUT2D eigenvalue weighted by Crippen LogP contribution is -2.12. The molecule has 0 spiro atoms. The summed E-state index contributed by atoms with van der Waals surface area (Å²) >= 11 is 2.79. The molecule has 5 aliphatic heterocycles. The van der Waals surface area contributed by atoms with E-state index in [1.54, 1.807) is 0 Å². The summed E-state index contributed by atoms with van der Waals surface area (Å²) in [5, 5.41) is 1.64. The Hall–Kier alpha value is -6.20. The van der Waals surface area contributed by atoms with Crippen LogP contribution in [0.25, 0.3) is 5.57 Å². The Kier molecular flexibility index (Phi) is 11.5. The van der Waals surface area contributed by atoms with Crippen LogP contribution < -0.4 is 28.4 Å². The number of methoxy groups -OCH3 is 1. The van der Waals surface area contributed by atoms with Gasteiger partial charge in [0, 0.05) is 51.5 Å². The Morgan fingerprint density at radius 2 is 0.969 bits per heavy atom. The number of hydrogen-bond donors (Lipinski definition) is 0. The normalized spacial score (nSPS) is 22.6. The summed E-state index contributed by atoms with van der Waals surface area (Å²) in [6.07, 6.45) is 4.38. The molecule has 0 radical (unpaired) electrons. The zero-order valence-corrected chi connectivity index (χ0v) is 36.8. The van der Waals surface area contributed by atoms with Crippen LogP contribution in [0.4, 0.5) is 27.8 Å². The maximum Gasteiger partial charge on any atom is 0.251 e. The first-order valence-electron chi connectivity index (χ1n) is 21.4. The molecular formula is C50H43N2O11S2+. The third-order valence-corrected chi connectivity index (χ3v) is 13.3. The van der Waals surface area contributed by atoms with Gasteiger partial charge < -0.3 is 47.5 Å². The van der Waals surface area contributed by atoms with Gasteiger partial charge in [-0.1, -0.05) is 0 Å². The average molecular weight is 912 g/mol. The van der Waals surface area contributed by atoms with Crippen LogP contribution in [0, 0.1) is 0 Å². The number of thiophene rings is 1. The Morgan fingerprint density at radius 3 is 1.38 bits per heavy atom. The van der Waals surface area contributed by atoms with Crippen molar-refractivity contribution in [3.63, 3.8) is 0 Å². The van der Waals surface area contributed by atoms with E-state index in [2.05, 4.69) is 9.48 Å².